The maximum absolute atomic E-state index is 13.3. The molecular weight excluding hydrogens is 439 g/mol. The third-order valence-electron chi connectivity index (χ3n) is 6.22. The van der Waals surface area contributed by atoms with E-state index in [9.17, 15) is 23.9 Å². The number of aryl methyl sites for hydroxylation is 1. The highest BCUT2D eigenvalue weighted by Gasteiger charge is 2.22. The van der Waals surface area contributed by atoms with Crippen LogP contribution in [-0.2, 0) is 24.4 Å². The summed E-state index contributed by atoms with van der Waals surface area (Å²) in [5.41, 5.74) is 7.18. The molecule has 1 fully saturated rings. The van der Waals surface area contributed by atoms with Crippen LogP contribution in [0.1, 0.15) is 52.7 Å². The lowest BCUT2D eigenvalue weighted by atomic mass is 10.0. The number of fused-ring (bicyclic) bond motifs is 1. The predicted octanol–water partition coefficient (Wildman–Crippen LogP) is 2.12. The van der Waals surface area contributed by atoms with Gasteiger partial charge in [-0.3, -0.25) is 19.4 Å². The first-order valence-corrected chi connectivity index (χ1v) is 11.4. The highest BCUT2D eigenvalue weighted by atomic mass is 19.1. The Morgan fingerprint density at radius 2 is 1.88 bits per heavy atom. The number of nitrogens with zero attached hydrogens (tertiary/aromatic N) is 3. The van der Waals surface area contributed by atoms with Gasteiger partial charge in [-0.05, 0) is 55.0 Å². The first-order chi connectivity index (χ1) is 16.4. The Bertz CT molecular complexity index is 1290. The van der Waals surface area contributed by atoms with Crippen LogP contribution in [0.4, 0.5) is 4.39 Å². The van der Waals surface area contributed by atoms with Crippen molar-refractivity contribution >= 4 is 22.8 Å². The SMILES string of the molecule is NC(=O)c1c(CO)c2ncc(Cc3ccc(F)cc3)cc2n(CCCN2CCCCC2=O)c1=O. The van der Waals surface area contributed by atoms with Gasteiger partial charge in [0.15, 0.2) is 0 Å². The summed E-state index contributed by atoms with van der Waals surface area (Å²) < 4.78 is 14.7. The maximum Gasteiger partial charge on any atom is 0.264 e. The summed E-state index contributed by atoms with van der Waals surface area (Å²) in [4.78, 5) is 43.7. The number of aromatic nitrogens is 2. The molecule has 1 aliphatic heterocycles. The van der Waals surface area contributed by atoms with Gasteiger partial charge in [0.05, 0.1) is 17.6 Å². The molecule has 1 aromatic carbocycles. The van der Waals surface area contributed by atoms with Crippen LogP contribution in [0, 0.1) is 5.82 Å². The highest BCUT2D eigenvalue weighted by Crippen LogP contribution is 2.22. The third kappa shape index (κ3) is 4.84. The molecule has 34 heavy (non-hydrogen) atoms. The number of aliphatic hydroxyl groups is 1. The average Bonchev–Trinajstić information content (AvgIpc) is 2.82. The summed E-state index contributed by atoms with van der Waals surface area (Å²) >= 11 is 0. The second-order valence-electron chi connectivity index (χ2n) is 8.54. The molecular formula is C25H27FN4O4. The average molecular weight is 467 g/mol. The fourth-order valence-electron chi connectivity index (χ4n) is 4.51. The molecule has 178 valence electrons. The van der Waals surface area contributed by atoms with Gasteiger partial charge in [-0.1, -0.05) is 12.1 Å². The van der Waals surface area contributed by atoms with Crippen LogP contribution in [-0.4, -0.2) is 44.5 Å². The number of benzene rings is 1. The number of primary amides is 1. The summed E-state index contributed by atoms with van der Waals surface area (Å²) in [6, 6.07) is 7.91. The summed E-state index contributed by atoms with van der Waals surface area (Å²) in [5, 5.41) is 9.91. The number of pyridine rings is 2. The van der Waals surface area contributed by atoms with Crippen molar-refractivity contribution in [2.75, 3.05) is 13.1 Å². The lowest BCUT2D eigenvalue weighted by Gasteiger charge is -2.27. The van der Waals surface area contributed by atoms with Gasteiger partial charge in [0.25, 0.3) is 11.5 Å². The molecule has 4 rings (SSSR count). The van der Waals surface area contributed by atoms with E-state index in [1.807, 2.05) is 0 Å². The Balaban J connectivity index is 1.72. The van der Waals surface area contributed by atoms with Crippen molar-refractivity contribution in [1.29, 1.82) is 0 Å². The molecule has 1 saturated heterocycles. The molecule has 9 heteroatoms. The van der Waals surface area contributed by atoms with Crippen molar-refractivity contribution < 1.29 is 19.1 Å². The Labute approximate surface area is 195 Å². The van der Waals surface area contributed by atoms with Gasteiger partial charge in [0.1, 0.15) is 11.4 Å². The van der Waals surface area contributed by atoms with Gasteiger partial charge >= 0.3 is 0 Å². The van der Waals surface area contributed by atoms with E-state index in [1.54, 1.807) is 29.3 Å². The lowest BCUT2D eigenvalue weighted by molar-refractivity contribution is -0.133. The smallest absolute Gasteiger partial charge is 0.264 e. The van der Waals surface area contributed by atoms with Crippen LogP contribution in [0.25, 0.3) is 11.0 Å². The summed E-state index contributed by atoms with van der Waals surface area (Å²) in [5.74, 6) is -1.14. The highest BCUT2D eigenvalue weighted by molar-refractivity contribution is 5.98. The van der Waals surface area contributed by atoms with Gasteiger partial charge in [0, 0.05) is 37.8 Å². The van der Waals surface area contributed by atoms with E-state index in [0.717, 1.165) is 24.0 Å². The molecule has 1 aliphatic rings. The standard InChI is InChI=1S/C25H27FN4O4/c26-18-7-5-16(6-8-18)12-17-13-20-23(28-14-17)19(15-31)22(24(27)33)25(34)30(20)11-3-10-29-9-2-1-4-21(29)32/h5-8,13-14,31H,1-4,9-12,15H2,(H2,27,33). The number of hydrogen-bond donors (Lipinski definition) is 2. The minimum Gasteiger partial charge on any atom is -0.392 e. The van der Waals surface area contributed by atoms with Gasteiger partial charge < -0.3 is 20.3 Å². The molecule has 0 spiro atoms. The Hall–Kier alpha value is -3.59. The van der Waals surface area contributed by atoms with Gasteiger partial charge in [-0.25, -0.2) is 4.39 Å². The molecule has 2 aromatic heterocycles. The number of piperidine rings is 1. The van der Waals surface area contributed by atoms with E-state index in [2.05, 4.69) is 4.98 Å². The molecule has 2 amide bonds. The van der Waals surface area contributed by atoms with Crippen molar-refractivity contribution in [2.45, 2.75) is 45.3 Å². The first-order valence-electron chi connectivity index (χ1n) is 11.4. The molecule has 8 nitrogen and oxygen atoms in total. The monoisotopic (exact) mass is 466 g/mol. The molecule has 0 bridgehead atoms. The Kier molecular flexibility index (Phi) is 7.02. The van der Waals surface area contributed by atoms with E-state index in [0.29, 0.717) is 43.4 Å². The van der Waals surface area contributed by atoms with Crippen LogP contribution >= 0.6 is 0 Å². The molecule has 0 unspecified atom stereocenters. The number of carbonyl (C=O) groups excluding carboxylic acids is 2. The number of halogens is 1. The first kappa shape index (κ1) is 23.6. The molecule has 3 aromatic rings. The van der Waals surface area contributed by atoms with Crippen LogP contribution in [0.2, 0.25) is 0 Å². The van der Waals surface area contributed by atoms with E-state index in [4.69, 9.17) is 5.73 Å². The van der Waals surface area contributed by atoms with E-state index in [-0.39, 0.29) is 29.4 Å². The fourth-order valence-corrected chi connectivity index (χ4v) is 4.51. The minimum atomic E-state index is -0.923. The van der Waals surface area contributed by atoms with E-state index in [1.165, 1.54) is 16.7 Å². The number of carbonyl (C=O) groups is 2. The molecule has 0 radical (unpaired) electrons. The molecule has 3 N–H and O–H groups in total. The lowest BCUT2D eigenvalue weighted by Crippen LogP contribution is -2.37. The zero-order valence-corrected chi connectivity index (χ0v) is 18.8. The van der Waals surface area contributed by atoms with Crippen LogP contribution in [0.15, 0.2) is 41.3 Å². The van der Waals surface area contributed by atoms with Crippen LogP contribution in [0.5, 0.6) is 0 Å². The molecule has 0 atom stereocenters. The second kappa shape index (κ2) is 10.1. The number of amides is 2. The van der Waals surface area contributed by atoms with Crippen molar-refractivity contribution in [3.63, 3.8) is 0 Å². The summed E-state index contributed by atoms with van der Waals surface area (Å²) in [6.07, 6.45) is 4.98. The maximum atomic E-state index is 13.3. The Morgan fingerprint density at radius 1 is 1.12 bits per heavy atom. The minimum absolute atomic E-state index is 0.100. The topological polar surface area (TPSA) is 119 Å². The largest absolute Gasteiger partial charge is 0.392 e. The number of nitrogens with two attached hydrogens (primary N) is 1. The number of hydrogen-bond acceptors (Lipinski definition) is 5. The summed E-state index contributed by atoms with van der Waals surface area (Å²) in [6.45, 7) is 0.904. The van der Waals surface area contributed by atoms with Crippen molar-refractivity contribution in [3.8, 4) is 0 Å². The van der Waals surface area contributed by atoms with Crippen molar-refractivity contribution in [3.05, 3.63) is 75.0 Å². The van der Waals surface area contributed by atoms with Crippen molar-refractivity contribution in [1.82, 2.24) is 14.5 Å². The molecule has 0 aliphatic carbocycles. The Morgan fingerprint density at radius 3 is 2.56 bits per heavy atom. The summed E-state index contributed by atoms with van der Waals surface area (Å²) in [7, 11) is 0. The number of aliphatic hydroxyl groups excluding tert-OH is 1. The van der Waals surface area contributed by atoms with E-state index < -0.39 is 18.1 Å². The molecule has 3 heterocycles. The quantitative estimate of drug-likeness (QED) is 0.527. The zero-order chi connectivity index (χ0) is 24.2. The molecule has 0 saturated carbocycles. The van der Waals surface area contributed by atoms with Gasteiger partial charge in [0.2, 0.25) is 5.91 Å². The number of likely N-dealkylation sites (tertiary alicyclic amines) is 1. The van der Waals surface area contributed by atoms with Crippen LogP contribution in [0.3, 0.4) is 0 Å². The second-order valence-corrected chi connectivity index (χ2v) is 8.54. The normalized spacial score (nSPS) is 14.1. The number of rotatable bonds is 8. The van der Waals surface area contributed by atoms with Gasteiger partial charge in [-0.15, -0.1) is 0 Å². The predicted molar refractivity (Wildman–Crippen MR) is 125 cm³/mol. The van der Waals surface area contributed by atoms with Gasteiger partial charge in [-0.2, -0.15) is 0 Å². The zero-order valence-electron chi connectivity index (χ0n) is 18.8. The fraction of sp³-hybridized carbons (Fsp3) is 0.360. The third-order valence-corrected chi connectivity index (χ3v) is 6.22. The van der Waals surface area contributed by atoms with E-state index >= 15 is 0 Å². The van der Waals surface area contributed by atoms with Crippen LogP contribution < -0.4 is 11.3 Å². The van der Waals surface area contributed by atoms with Crippen molar-refractivity contribution in [2.24, 2.45) is 5.73 Å².